The van der Waals surface area contributed by atoms with Crippen molar-refractivity contribution in [1.82, 2.24) is 5.32 Å². The molecule has 3 aliphatic heterocycles. The van der Waals surface area contributed by atoms with E-state index in [0.717, 1.165) is 70.6 Å². The molecule has 19 nitrogen and oxygen atoms in total. The smallest absolute Gasteiger partial charge is 0.220 e. The monoisotopic (exact) mass is 1230 g/mol. The fourth-order valence-electron chi connectivity index (χ4n) is 11.4. The molecule has 0 saturated carbocycles. The van der Waals surface area contributed by atoms with E-state index in [9.17, 15) is 61.0 Å². The maximum atomic E-state index is 13.4. The van der Waals surface area contributed by atoms with E-state index in [-0.39, 0.29) is 18.9 Å². The lowest BCUT2D eigenvalue weighted by atomic mass is 9.96. The molecule has 19 heteroatoms. The molecule has 3 heterocycles. The van der Waals surface area contributed by atoms with Gasteiger partial charge in [0.1, 0.15) is 73.2 Å². The lowest BCUT2D eigenvalue weighted by molar-refractivity contribution is -0.379. The Labute approximate surface area is 516 Å². The Balaban J connectivity index is 1.38. The number of hydrogen-bond acceptors (Lipinski definition) is 18. The van der Waals surface area contributed by atoms with Gasteiger partial charge in [0, 0.05) is 6.42 Å². The van der Waals surface area contributed by atoms with Gasteiger partial charge in [-0.25, -0.2) is 0 Å². The van der Waals surface area contributed by atoms with Crippen molar-refractivity contribution in [3.8, 4) is 0 Å². The molecule has 86 heavy (non-hydrogen) atoms. The van der Waals surface area contributed by atoms with Gasteiger partial charge in [-0.3, -0.25) is 4.79 Å². The van der Waals surface area contributed by atoms with Crippen molar-refractivity contribution in [1.29, 1.82) is 0 Å². The van der Waals surface area contributed by atoms with Crippen LogP contribution in [0.15, 0.2) is 48.6 Å². The number of carbonyl (C=O) groups excluding carboxylic acids is 1. The molecule has 0 spiro atoms. The maximum absolute atomic E-state index is 13.4. The van der Waals surface area contributed by atoms with Gasteiger partial charge >= 0.3 is 0 Å². The molecule has 0 aliphatic carbocycles. The van der Waals surface area contributed by atoms with Crippen LogP contribution >= 0.6 is 0 Å². The fourth-order valence-corrected chi connectivity index (χ4v) is 11.4. The summed E-state index contributed by atoms with van der Waals surface area (Å²) in [7, 11) is 0. The van der Waals surface area contributed by atoms with Gasteiger partial charge in [0.25, 0.3) is 0 Å². The molecule has 0 aromatic heterocycles. The number of hydrogen-bond donors (Lipinski definition) is 12. The lowest BCUT2D eigenvalue weighted by Crippen LogP contribution is -2.66. The van der Waals surface area contributed by atoms with Crippen molar-refractivity contribution < 1.29 is 89.4 Å². The van der Waals surface area contributed by atoms with Crippen LogP contribution in [0.5, 0.6) is 0 Å². The summed E-state index contributed by atoms with van der Waals surface area (Å²) < 4.78 is 34.4. The zero-order valence-electron chi connectivity index (χ0n) is 52.8. The second-order valence-electron chi connectivity index (χ2n) is 24.3. The summed E-state index contributed by atoms with van der Waals surface area (Å²) in [5, 5.41) is 120. The third-order valence-corrected chi connectivity index (χ3v) is 16.9. The first-order chi connectivity index (χ1) is 41.8. The van der Waals surface area contributed by atoms with Crippen LogP contribution in [0.25, 0.3) is 0 Å². The fraction of sp³-hybridized carbons (Fsp3) is 0.866. The Morgan fingerprint density at radius 2 is 0.802 bits per heavy atom. The highest BCUT2D eigenvalue weighted by Gasteiger charge is 2.53. The molecule has 1 amide bonds. The number of aliphatic hydroxyl groups is 11. The van der Waals surface area contributed by atoms with Gasteiger partial charge in [-0.05, 0) is 51.4 Å². The van der Waals surface area contributed by atoms with E-state index in [1.165, 1.54) is 135 Å². The van der Waals surface area contributed by atoms with Crippen molar-refractivity contribution in [2.24, 2.45) is 0 Å². The van der Waals surface area contributed by atoms with Crippen molar-refractivity contribution in [2.45, 2.75) is 343 Å². The summed E-state index contributed by atoms with van der Waals surface area (Å²) in [6.45, 7) is 1.68. The summed E-state index contributed by atoms with van der Waals surface area (Å²) in [6, 6.07) is -0.886. The van der Waals surface area contributed by atoms with E-state index in [2.05, 4.69) is 67.8 Å². The van der Waals surface area contributed by atoms with E-state index in [1.54, 1.807) is 0 Å². The minimum absolute atomic E-state index is 0.243. The number of allylic oxidation sites excluding steroid dienone is 8. The molecule has 0 aromatic rings. The second kappa shape index (κ2) is 49.5. The first kappa shape index (κ1) is 78.0. The average Bonchev–Trinajstić information content (AvgIpc) is 2.62. The number of amides is 1. The van der Waals surface area contributed by atoms with Crippen LogP contribution in [-0.4, -0.2) is 193 Å². The van der Waals surface area contributed by atoms with Gasteiger partial charge in [0.15, 0.2) is 18.9 Å². The van der Waals surface area contributed by atoms with E-state index in [1.807, 2.05) is 0 Å². The van der Waals surface area contributed by atoms with Gasteiger partial charge in [0.2, 0.25) is 5.91 Å². The zero-order valence-corrected chi connectivity index (χ0v) is 52.8. The highest BCUT2D eigenvalue weighted by Crippen LogP contribution is 2.33. The molecule has 0 radical (unpaired) electrons. The molecule has 0 bridgehead atoms. The summed E-state index contributed by atoms with van der Waals surface area (Å²) in [5.74, 6) is -0.243. The number of unbranched alkanes of at least 4 members (excludes halogenated alkanes) is 27. The second-order valence-corrected chi connectivity index (χ2v) is 24.3. The minimum Gasteiger partial charge on any atom is -0.394 e. The predicted molar refractivity (Wildman–Crippen MR) is 332 cm³/mol. The standard InChI is InChI=1S/C67H121NO18/c1-3-5-7-9-11-13-15-17-18-19-20-21-22-23-24-25-26-27-28-29-30-31-32-33-35-37-39-41-43-45-55(73)68-50(51(72)44-42-40-38-36-34-16-14-12-10-8-6-4-2)49-81-65-61(79)58(76)63(53(47-70)83-65)86-67-62(80)59(77)64(54(48-71)84-67)85-66-60(78)57(75)56(74)52(46-69)82-66/h5,7,11,13,17-18,20-21,50-54,56-67,69-72,74-80H,3-4,6,8-10,12,14-16,19,22-49H2,1-2H3,(H,68,73)/b7-5-,13-11-,18-17-,21-20-. The average molecular weight is 1230 g/mol. The van der Waals surface area contributed by atoms with Crippen LogP contribution in [0.4, 0.5) is 0 Å². The summed E-state index contributed by atoms with van der Waals surface area (Å²) in [5.41, 5.74) is 0. The summed E-state index contributed by atoms with van der Waals surface area (Å²) in [6.07, 6.45) is 30.6. The van der Waals surface area contributed by atoms with Crippen molar-refractivity contribution in [3.63, 3.8) is 0 Å². The third-order valence-electron chi connectivity index (χ3n) is 16.9. The largest absolute Gasteiger partial charge is 0.394 e. The molecule has 3 aliphatic rings. The van der Waals surface area contributed by atoms with Crippen LogP contribution < -0.4 is 5.32 Å². The van der Waals surface area contributed by atoms with Crippen LogP contribution in [0.2, 0.25) is 0 Å². The van der Waals surface area contributed by atoms with Crippen LogP contribution in [0.1, 0.15) is 239 Å². The molecule has 3 fully saturated rings. The maximum Gasteiger partial charge on any atom is 0.220 e. The highest BCUT2D eigenvalue weighted by atomic mass is 16.8. The number of aliphatic hydroxyl groups excluding tert-OH is 11. The van der Waals surface area contributed by atoms with E-state index >= 15 is 0 Å². The third kappa shape index (κ3) is 31.7. The molecule has 17 atom stereocenters. The van der Waals surface area contributed by atoms with E-state index < -0.39 is 124 Å². The lowest BCUT2D eigenvalue weighted by Gasteiger charge is -2.48. The summed E-state index contributed by atoms with van der Waals surface area (Å²) in [4.78, 5) is 13.4. The van der Waals surface area contributed by atoms with Crippen molar-refractivity contribution >= 4 is 5.91 Å². The Kier molecular flexibility index (Phi) is 44.8. The zero-order chi connectivity index (χ0) is 62.6. The van der Waals surface area contributed by atoms with E-state index in [0.29, 0.717) is 12.8 Å². The molecular weight excluding hydrogens is 1110 g/mol. The van der Waals surface area contributed by atoms with Gasteiger partial charge in [-0.2, -0.15) is 0 Å². The molecular formula is C67H121NO18. The number of carbonyl (C=O) groups is 1. The Bertz CT molecular complexity index is 1750. The van der Waals surface area contributed by atoms with Gasteiger partial charge < -0.3 is 89.9 Å². The molecule has 17 unspecified atom stereocenters. The Morgan fingerprint density at radius 3 is 1.26 bits per heavy atom. The molecule has 3 saturated heterocycles. The van der Waals surface area contributed by atoms with Crippen LogP contribution in [0, 0.1) is 0 Å². The van der Waals surface area contributed by atoms with Crippen molar-refractivity contribution in [2.75, 3.05) is 26.4 Å². The SMILES string of the molecule is CC/C=C\C/C=C\C/C=C\C/C=C\CCCCCCCCCCCCCCCCCCC(=O)NC(COC1OC(CO)C(OC2OC(CO)C(OC3OC(CO)C(O)C(O)C3O)C(O)C2O)C(O)C1O)C(O)CCCCCCCCCCCCCC. The number of rotatable bonds is 51. The normalized spacial score (nSPS) is 29.1. The number of ether oxygens (including phenoxy) is 6. The topological polar surface area (TPSA) is 307 Å². The number of nitrogens with one attached hydrogen (secondary N) is 1. The molecule has 3 rings (SSSR count). The van der Waals surface area contributed by atoms with Crippen molar-refractivity contribution in [3.05, 3.63) is 48.6 Å². The van der Waals surface area contributed by atoms with Gasteiger partial charge in [-0.1, -0.05) is 229 Å². The van der Waals surface area contributed by atoms with Crippen LogP contribution in [0.3, 0.4) is 0 Å². The highest BCUT2D eigenvalue weighted by molar-refractivity contribution is 5.76. The van der Waals surface area contributed by atoms with Crippen LogP contribution in [-0.2, 0) is 33.2 Å². The van der Waals surface area contributed by atoms with Gasteiger partial charge in [-0.15, -0.1) is 0 Å². The summed E-state index contributed by atoms with van der Waals surface area (Å²) >= 11 is 0. The Hall–Kier alpha value is -2.25. The quantitative estimate of drug-likeness (QED) is 0.0202. The van der Waals surface area contributed by atoms with E-state index in [4.69, 9.17) is 28.4 Å². The van der Waals surface area contributed by atoms with Gasteiger partial charge in [0.05, 0.1) is 38.6 Å². The molecule has 12 N–H and O–H groups in total. The minimum atomic E-state index is -1.97. The molecule has 0 aromatic carbocycles. The predicted octanol–water partition coefficient (Wildman–Crippen LogP) is 8.22. The molecule has 502 valence electrons. The first-order valence-corrected chi connectivity index (χ1v) is 33.9. The first-order valence-electron chi connectivity index (χ1n) is 33.9. The Morgan fingerprint density at radius 1 is 0.430 bits per heavy atom.